The molecule has 2 heterocycles. The van der Waals surface area contributed by atoms with Crippen molar-refractivity contribution in [3.8, 4) is 0 Å². The monoisotopic (exact) mass is 262 g/mol. The van der Waals surface area contributed by atoms with Crippen molar-refractivity contribution in [2.45, 2.75) is 57.2 Å². The number of piperazine rings is 1. The summed E-state index contributed by atoms with van der Waals surface area (Å²) in [5.41, 5.74) is 1.73. The minimum atomic E-state index is 0.396. The molecule has 1 aliphatic carbocycles. The zero-order valence-electron chi connectivity index (χ0n) is 12.2. The maximum Gasteiger partial charge on any atom is 0.0534 e. The van der Waals surface area contributed by atoms with Crippen molar-refractivity contribution in [1.29, 1.82) is 0 Å². The van der Waals surface area contributed by atoms with Crippen molar-refractivity contribution in [3.05, 3.63) is 18.0 Å². The van der Waals surface area contributed by atoms with Gasteiger partial charge in [-0.25, -0.2) is 0 Å². The van der Waals surface area contributed by atoms with E-state index in [4.69, 9.17) is 0 Å². The lowest BCUT2D eigenvalue weighted by Gasteiger charge is -2.49. The lowest BCUT2D eigenvalue weighted by molar-refractivity contribution is 0.0573. The van der Waals surface area contributed by atoms with Gasteiger partial charge in [-0.3, -0.25) is 9.58 Å². The van der Waals surface area contributed by atoms with E-state index in [-0.39, 0.29) is 0 Å². The van der Waals surface area contributed by atoms with E-state index in [1.165, 1.54) is 44.2 Å². The van der Waals surface area contributed by atoms with Crippen LogP contribution in [0.15, 0.2) is 12.4 Å². The van der Waals surface area contributed by atoms with Crippen LogP contribution in [0.3, 0.4) is 0 Å². The van der Waals surface area contributed by atoms with Crippen LogP contribution in [-0.4, -0.2) is 39.4 Å². The van der Waals surface area contributed by atoms with Gasteiger partial charge in [-0.1, -0.05) is 19.3 Å². The van der Waals surface area contributed by atoms with E-state index in [2.05, 4.69) is 28.4 Å². The molecule has 1 aromatic rings. The van der Waals surface area contributed by atoms with Crippen molar-refractivity contribution in [2.24, 2.45) is 7.05 Å². The largest absolute Gasteiger partial charge is 0.308 e. The Bertz CT molecular complexity index is 420. The number of nitrogens with zero attached hydrogens (tertiary/aromatic N) is 3. The first-order chi connectivity index (χ1) is 9.17. The van der Waals surface area contributed by atoms with Crippen molar-refractivity contribution in [1.82, 2.24) is 20.0 Å². The molecule has 0 aromatic carbocycles. The van der Waals surface area contributed by atoms with Crippen LogP contribution in [0.4, 0.5) is 0 Å². The average Bonchev–Trinajstić information content (AvgIpc) is 2.81. The lowest BCUT2D eigenvalue weighted by Crippen LogP contribution is -2.63. The molecular formula is C15H26N4. The SMILES string of the molecule is CC1CNC2(CCCCC2)CN1Cc1cnn(C)c1. The van der Waals surface area contributed by atoms with Crippen LogP contribution < -0.4 is 5.32 Å². The normalized spacial score (nSPS) is 27.8. The molecule has 2 fully saturated rings. The van der Waals surface area contributed by atoms with Gasteiger partial charge in [0.1, 0.15) is 0 Å². The highest BCUT2D eigenvalue weighted by atomic mass is 15.3. The third-order valence-electron chi connectivity index (χ3n) is 4.86. The van der Waals surface area contributed by atoms with Gasteiger partial charge in [-0.05, 0) is 19.8 Å². The van der Waals surface area contributed by atoms with Gasteiger partial charge in [0.25, 0.3) is 0 Å². The summed E-state index contributed by atoms with van der Waals surface area (Å²) in [6.07, 6.45) is 11.0. The second kappa shape index (κ2) is 5.25. The van der Waals surface area contributed by atoms with Crippen LogP contribution >= 0.6 is 0 Å². The summed E-state index contributed by atoms with van der Waals surface area (Å²) >= 11 is 0. The number of hydrogen-bond acceptors (Lipinski definition) is 3. The van der Waals surface area contributed by atoms with E-state index in [1.807, 2.05) is 17.9 Å². The van der Waals surface area contributed by atoms with Crippen LogP contribution in [0.2, 0.25) is 0 Å². The molecule has 1 aliphatic heterocycles. The Hall–Kier alpha value is -0.870. The molecule has 1 N–H and O–H groups in total. The van der Waals surface area contributed by atoms with Crippen molar-refractivity contribution < 1.29 is 0 Å². The number of hydrogen-bond donors (Lipinski definition) is 1. The van der Waals surface area contributed by atoms with Gasteiger partial charge in [0.15, 0.2) is 0 Å². The first-order valence-electron chi connectivity index (χ1n) is 7.63. The molecule has 106 valence electrons. The van der Waals surface area contributed by atoms with Crippen LogP contribution in [0.25, 0.3) is 0 Å². The van der Waals surface area contributed by atoms with E-state index in [9.17, 15) is 0 Å². The predicted octanol–water partition coefficient (Wildman–Crippen LogP) is 1.92. The van der Waals surface area contributed by atoms with E-state index < -0.39 is 0 Å². The molecule has 2 aliphatic rings. The van der Waals surface area contributed by atoms with Gasteiger partial charge >= 0.3 is 0 Å². The highest BCUT2D eigenvalue weighted by Gasteiger charge is 2.38. The molecule has 1 aromatic heterocycles. The summed E-state index contributed by atoms with van der Waals surface area (Å²) in [6, 6.07) is 0.618. The first kappa shape index (κ1) is 13.1. The number of rotatable bonds is 2. The summed E-state index contributed by atoms with van der Waals surface area (Å²) in [7, 11) is 1.99. The molecule has 0 radical (unpaired) electrons. The first-order valence-corrected chi connectivity index (χ1v) is 7.63. The van der Waals surface area contributed by atoms with Crippen LogP contribution in [0, 0.1) is 0 Å². The van der Waals surface area contributed by atoms with Crippen molar-refractivity contribution in [3.63, 3.8) is 0 Å². The Balaban J connectivity index is 1.68. The average molecular weight is 262 g/mol. The Kier molecular flexibility index (Phi) is 3.63. The summed E-state index contributed by atoms with van der Waals surface area (Å²) in [5, 5.41) is 8.13. The van der Waals surface area contributed by atoms with E-state index >= 15 is 0 Å². The molecule has 1 atom stereocenters. The lowest BCUT2D eigenvalue weighted by atomic mass is 9.79. The topological polar surface area (TPSA) is 33.1 Å². The Labute approximate surface area is 116 Å². The molecule has 3 rings (SSSR count). The fraction of sp³-hybridized carbons (Fsp3) is 0.800. The highest BCUT2D eigenvalue weighted by Crippen LogP contribution is 2.32. The molecule has 19 heavy (non-hydrogen) atoms. The van der Waals surface area contributed by atoms with Crippen molar-refractivity contribution in [2.75, 3.05) is 13.1 Å². The zero-order valence-corrected chi connectivity index (χ0v) is 12.2. The number of aryl methyl sites for hydroxylation is 1. The Morgan fingerprint density at radius 3 is 2.84 bits per heavy atom. The standard InChI is InChI=1S/C15H26N4/c1-13-8-16-15(6-4-3-5-7-15)12-19(13)11-14-9-17-18(2)10-14/h9-10,13,16H,3-8,11-12H2,1-2H3. The third kappa shape index (κ3) is 2.84. The molecule has 1 spiro atoms. The molecule has 0 bridgehead atoms. The van der Waals surface area contributed by atoms with E-state index in [0.717, 1.165) is 13.1 Å². The van der Waals surface area contributed by atoms with Gasteiger partial charge in [-0.15, -0.1) is 0 Å². The molecule has 4 nitrogen and oxygen atoms in total. The quantitative estimate of drug-likeness (QED) is 0.884. The van der Waals surface area contributed by atoms with Gasteiger partial charge in [0.05, 0.1) is 6.20 Å². The second-order valence-electron chi connectivity index (χ2n) is 6.50. The van der Waals surface area contributed by atoms with E-state index in [1.54, 1.807) is 0 Å². The van der Waals surface area contributed by atoms with Gasteiger partial charge < -0.3 is 5.32 Å². The van der Waals surface area contributed by atoms with Gasteiger partial charge in [0, 0.05) is 50.0 Å². The Morgan fingerprint density at radius 2 is 2.16 bits per heavy atom. The van der Waals surface area contributed by atoms with Crippen LogP contribution in [0.1, 0.15) is 44.6 Å². The minimum absolute atomic E-state index is 0.396. The van der Waals surface area contributed by atoms with Crippen molar-refractivity contribution >= 4 is 0 Å². The fourth-order valence-corrected chi connectivity index (χ4v) is 3.66. The summed E-state index contributed by atoms with van der Waals surface area (Å²) in [6.45, 7) is 5.70. The Morgan fingerprint density at radius 1 is 1.37 bits per heavy atom. The maximum absolute atomic E-state index is 4.29. The summed E-state index contributed by atoms with van der Waals surface area (Å²) in [4.78, 5) is 2.64. The molecule has 4 heteroatoms. The second-order valence-corrected chi connectivity index (χ2v) is 6.50. The fourth-order valence-electron chi connectivity index (χ4n) is 3.66. The molecule has 1 saturated heterocycles. The van der Waals surface area contributed by atoms with Gasteiger partial charge in [-0.2, -0.15) is 5.10 Å². The molecule has 1 saturated carbocycles. The highest BCUT2D eigenvalue weighted by molar-refractivity contribution is 5.06. The number of nitrogens with one attached hydrogen (secondary N) is 1. The molecule has 1 unspecified atom stereocenters. The maximum atomic E-state index is 4.29. The van der Waals surface area contributed by atoms with Crippen LogP contribution in [-0.2, 0) is 13.6 Å². The smallest absolute Gasteiger partial charge is 0.0534 e. The number of aromatic nitrogens is 2. The predicted molar refractivity (Wildman–Crippen MR) is 76.9 cm³/mol. The third-order valence-corrected chi connectivity index (χ3v) is 4.86. The molecule has 0 amide bonds. The molecular weight excluding hydrogens is 236 g/mol. The van der Waals surface area contributed by atoms with E-state index in [0.29, 0.717) is 11.6 Å². The summed E-state index contributed by atoms with van der Waals surface area (Å²) < 4.78 is 1.90. The van der Waals surface area contributed by atoms with Crippen LogP contribution in [0.5, 0.6) is 0 Å². The minimum Gasteiger partial charge on any atom is -0.308 e. The summed E-state index contributed by atoms with van der Waals surface area (Å²) in [5.74, 6) is 0. The zero-order chi connectivity index (χ0) is 13.3. The van der Waals surface area contributed by atoms with Gasteiger partial charge in [0.2, 0.25) is 0 Å².